The normalized spacial score (nSPS) is 19.8. The van der Waals surface area contributed by atoms with Crippen LogP contribution in [0.4, 0.5) is 0 Å². The zero-order valence-electron chi connectivity index (χ0n) is 12.2. The highest BCUT2D eigenvalue weighted by Gasteiger charge is 2.14. The van der Waals surface area contributed by atoms with Crippen LogP contribution < -0.4 is 5.32 Å². The maximum atomic E-state index is 3.62. The third kappa shape index (κ3) is 5.55. The number of hydrogen-bond donors (Lipinski definition) is 1. The van der Waals surface area contributed by atoms with Crippen LogP contribution in [0.2, 0.25) is 0 Å². The van der Waals surface area contributed by atoms with Crippen molar-refractivity contribution in [2.45, 2.75) is 37.1 Å². The van der Waals surface area contributed by atoms with Gasteiger partial charge >= 0.3 is 0 Å². The number of rotatable bonds is 6. The van der Waals surface area contributed by atoms with Crippen LogP contribution in [0, 0.1) is 6.92 Å². The summed E-state index contributed by atoms with van der Waals surface area (Å²) in [6.45, 7) is 5.70. The Hall–Kier alpha value is -0.510. The second-order valence-corrected chi connectivity index (χ2v) is 6.74. The molecule has 0 aromatic heterocycles. The van der Waals surface area contributed by atoms with E-state index in [1.165, 1.54) is 48.6 Å². The molecule has 0 spiro atoms. The van der Waals surface area contributed by atoms with Crippen molar-refractivity contribution in [2.24, 2.45) is 0 Å². The van der Waals surface area contributed by atoms with Crippen LogP contribution in [-0.2, 0) is 0 Å². The number of nitrogens with one attached hydrogen (secondary N) is 1. The van der Waals surface area contributed by atoms with Crippen LogP contribution in [0.15, 0.2) is 29.2 Å². The van der Waals surface area contributed by atoms with Crippen LogP contribution in [0.5, 0.6) is 0 Å². The van der Waals surface area contributed by atoms with E-state index in [2.05, 4.69) is 48.5 Å². The zero-order valence-corrected chi connectivity index (χ0v) is 13.0. The van der Waals surface area contributed by atoms with E-state index in [0.29, 0.717) is 6.04 Å². The van der Waals surface area contributed by atoms with Gasteiger partial charge in [0.1, 0.15) is 0 Å². The first-order chi connectivity index (χ1) is 9.24. The fourth-order valence-corrected chi connectivity index (χ4v) is 3.47. The van der Waals surface area contributed by atoms with Gasteiger partial charge in [0.2, 0.25) is 0 Å². The number of aryl methyl sites for hydroxylation is 1. The molecule has 0 bridgehead atoms. The number of benzene rings is 1. The molecule has 1 fully saturated rings. The first-order valence-corrected chi connectivity index (χ1v) is 8.34. The van der Waals surface area contributed by atoms with Crippen molar-refractivity contribution in [1.82, 2.24) is 10.2 Å². The Bertz CT molecular complexity index is 358. The predicted octanol–water partition coefficient (Wildman–Crippen LogP) is 3.16. The van der Waals surface area contributed by atoms with Gasteiger partial charge in [-0.2, -0.15) is 0 Å². The van der Waals surface area contributed by atoms with Gasteiger partial charge in [-0.05, 0) is 45.5 Å². The minimum Gasteiger partial charge on any atom is -0.313 e. The molecule has 1 atom stereocenters. The Morgan fingerprint density at radius 2 is 2.05 bits per heavy atom. The van der Waals surface area contributed by atoms with Crippen molar-refractivity contribution in [3.05, 3.63) is 29.8 Å². The van der Waals surface area contributed by atoms with Gasteiger partial charge < -0.3 is 10.2 Å². The summed E-state index contributed by atoms with van der Waals surface area (Å²) in [5.41, 5.74) is 1.34. The lowest BCUT2D eigenvalue weighted by molar-refractivity contribution is 0.273. The van der Waals surface area contributed by atoms with E-state index in [0.717, 1.165) is 6.54 Å². The lowest BCUT2D eigenvalue weighted by Crippen LogP contribution is -2.42. The molecule has 1 aromatic rings. The Morgan fingerprint density at radius 3 is 2.74 bits per heavy atom. The van der Waals surface area contributed by atoms with E-state index in [-0.39, 0.29) is 0 Å². The second-order valence-electron chi connectivity index (χ2n) is 5.57. The summed E-state index contributed by atoms with van der Waals surface area (Å²) in [5, 5.41) is 3.62. The molecule has 3 heteroatoms. The summed E-state index contributed by atoms with van der Waals surface area (Å²) in [6, 6.07) is 9.55. The predicted molar refractivity (Wildman–Crippen MR) is 85.0 cm³/mol. The molecule has 2 rings (SSSR count). The largest absolute Gasteiger partial charge is 0.313 e. The third-order valence-corrected chi connectivity index (χ3v) is 4.70. The van der Waals surface area contributed by atoms with Gasteiger partial charge in [-0.3, -0.25) is 0 Å². The van der Waals surface area contributed by atoms with Crippen LogP contribution in [0.3, 0.4) is 0 Å². The Kier molecular flexibility index (Phi) is 6.21. The number of thioether (sulfide) groups is 1. The zero-order chi connectivity index (χ0) is 13.5. The molecule has 1 aliphatic heterocycles. The SMILES string of the molecule is Cc1ccc(SCCN(C)CC2CCCCN2)cc1. The van der Waals surface area contributed by atoms with Crippen molar-refractivity contribution in [1.29, 1.82) is 0 Å². The minimum atomic E-state index is 0.711. The van der Waals surface area contributed by atoms with Crippen LogP contribution in [0.1, 0.15) is 24.8 Å². The molecule has 0 amide bonds. The summed E-state index contributed by atoms with van der Waals surface area (Å²) < 4.78 is 0. The highest BCUT2D eigenvalue weighted by Crippen LogP contribution is 2.18. The average molecular weight is 278 g/mol. The molecule has 1 aromatic carbocycles. The van der Waals surface area contributed by atoms with Crippen molar-refractivity contribution < 1.29 is 0 Å². The van der Waals surface area contributed by atoms with Gasteiger partial charge in [-0.15, -0.1) is 11.8 Å². The highest BCUT2D eigenvalue weighted by atomic mass is 32.2. The fourth-order valence-electron chi connectivity index (χ4n) is 2.50. The van der Waals surface area contributed by atoms with E-state index in [9.17, 15) is 0 Å². The molecule has 0 radical (unpaired) electrons. The highest BCUT2D eigenvalue weighted by molar-refractivity contribution is 7.99. The molecule has 106 valence electrons. The van der Waals surface area contributed by atoms with Crippen LogP contribution in [0.25, 0.3) is 0 Å². The topological polar surface area (TPSA) is 15.3 Å². The van der Waals surface area contributed by atoms with E-state index < -0.39 is 0 Å². The molecule has 19 heavy (non-hydrogen) atoms. The smallest absolute Gasteiger partial charge is 0.0194 e. The summed E-state index contributed by atoms with van der Waals surface area (Å²) in [7, 11) is 2.24. The molecule has 0 aliphatic carbocycles. The van der Waals surface area contributed by atoms with E-state index >= 15 is 0 Å². The first-order valence-electron chi connectivity index (χ1n) is 7.35. The molecule has 1 saturated heterocycles. The second kappa shape index (κ2) is 7.93. The molecule has 1 aliphatic rings. The minimum absolute atomic E-state index is 0.711. The summed E-state index contributed by atoms with van der Waals surface area (Å²) >= 11 is 1.96. The van der Waals surface area contributed by atoms with Crippen molar-refractivity contribution >= 4 is 11.8 Å². The van der Waals surface area contributed by atoms with Crippen molar-refractivity contribution in [3.8, 4) is 0 Å². The van der Waals surface area contributed by atoms with Gasteiger partial charge in [-0.1, -0.05) is 24.1 Å². The summed E-state index contributed by atoms with van der Waals surface area (Å²) in [6.07, 6.45) is 4.09. The maximum Gasteiger partial charge on any atom is 0.0194 e. The lowest BCUT2D eigenvalue weighted by Gasteiger charge is -2.28. The van der Waals surface area contributed by atoms with Gasteiger partial charge in [0.05, 0.1) is 0 Å². The van der Waals surface area contributed by atoms with Crippen molar-refractivity contribution in [3.63, 3.8) is 0 Å². The van der Waals surface area contributed by atoms with E-state index in [1.54, 1.807) is 0 Å². The molecule has 0 saturated carbocycles. The lowest BCUT2D eigenvalue weighted by atomic mass is 10.0. The Labute approximate surface area is 122 Å². The third-order valence-electron chi connectivity index (χ3n) is 3.71. The monoisotopic (exact) mass is 278 g/mol. The van der Waals surface area contributed by atoms with Gasteiger partial charge in [-0.25, -0.2) is 0 Å². The standard InChI is InChI=1S/C16H26N2S/c1-14-6-8-16(9-7-14)19-12-11-18(2)13-15-5-3-4-10-17-15/h6-9,15,17H,3-5,10-13H2,1-2H3. The number of piperidine rings is 1. The Balaban J connectivity index is 1.63. The summed E-state index contributed by atoms with van der Waals surface area (Å²) in [4.78, 5) is 3.85. The van der Waals surface area contributed by atoms with Crippen LogP contribution in [-0.4, -0.2) is 43.4 Å². The average Bonchev–Trinajstić information content (AvgIpc) is 2.42. The molecule has 1 N–H and O–H groups in total. The number of likely N-dealkylation sites (N-methyl/N-ethyl adjacent to an activating group) is 1. The number of nitrogens with zero attached hydrogens (tertiary/aromatic N) is 1. The van der Waals surface area contributed by atoms with Crippen LogP contribution >= 0.6 is 11.8 Å². The van der Waals surface area contributed by atoms with Crippen molar-refractivity contribution in [2.75, 3.05) is 32.4 Å². The van der Waals surface area contributed by atoms with Gasteiger partial charge in [0.15, 0.2) is 0 Å². The first kappa shape index (κ1) is 14.9. The summed E-state index contributed by atoms with van der Waals surface area (Å²) in [5.74, 6) is 1.17. The number of hydrogen-bond acceptors (Lipinski definition) is 3. The quantitative estimate of drug-likeness (QED) is 0.805. The fraction of sp³-hybridized carbons (Fsp3) is 0.625. The maximum absolute atomic E-state index is 3.62. The van der Waals surface area contributed by atoms with E-state index in [4.69, 9.17) is 0 Å². The molecule has 1 heterocycles. The molecular weight excluding hydrogens is 252 g/mol. The van der Waals surface area contributed by atoms with E-state index in [1.807, 2.05) is 11.8 Å². The molecule has 1 unspecified atom stereocenters. The van der Waals surface area contributed by atoms with Gasteiger partial charge in [0, 0.05) is 29.8 Å². The molecule has 2 nitrogen and oxygen atoms in total. The van der Waals surface area contributed by atoms with Gasteiger partial charge in [0.25, 0.3) is 0 Å². The Morgan fingerprint density at radius 1 is 1.26 bits per heavy atom. The molecular formula is C16H26N2S.